The Labute approximate surface area is 234 Å². The monoisotopic (exact) mass is 587 g/mol. The first kappa shape index (κ1) is 27.9. The van der Waals surface area contributed by atoms with Gasteiger partial charge in [0.15, 0.2) is 17.8 Å². The van der Waals surface area contributed by atoms with Gasteiger partial charge in [-0.3, -0.25) is 4.52 Å². The summed E-state index contributed by atoms with van der Waals surface area (Å²) >= 11 is 0. The molecule has 206 valence electrons. The van der Waals surface area contributed by atoms with E-state index in [0.29, 0.717) is 47.4 Å². The topological polar surface area (TPSA) is 124 Å². The van der Waals surface area contributed by atoms with Crippen molar-refractivity contribution in [3.63, 3.8) is 0 Å². The van der Waals surface area contributed by atoms with E-state index in [2.05, 4.69) is 15.0 Å². The molecule has 4 unspecified atom stereocenters. The summed E-state index contributed by atoms with van der Waals surface area (Å²) in [5.41, 5.74) is 8.10. The largest absolute Gasteiger partial charge is 0.423 e. The Kier molecular flexibility index (Phi) is 9.44. The molecule has 1 aliphatic heterocycles. The van der Waals surface area contributed by atoms with Crippen LogP contribution in [0.3, 0.4) is 0 Å². The van der Waals surface area contributed by atoms with Crippen molar-refractivity contribution in [3.8, 4) is 5.75 Å². The summed E-state index contributed by atoms with van der Waals surface area (Å²) in [6.45, 7) is 2.74. The molecule has 4 aromatic rings. The molecule has 3 heterocycles. The van der Waals surface area contributed by atoms with Crippen LogP contribution < -0.4 is 10.3 Å². The highest BCUT2D eigenvalue weighted by molar-refractivity contribution is 8.76. The highest BCUT2D eigenvalue weighted by Crippen LogP contribution is 2.52. The molecule has 2 aromatic carbocycles. The summed E-state index contributed by atoms with van der Waals surface area (Å²) in [6, 6.07) is 19.0. The van der Waals surface area contributed by atoms with Gasteiger partial charge < -0.3 is 24.3 Å². The van der Waals surface area contributed by atoms with Gasteiger partial charge in [-0.05, 0) is 24.6 Å². The second-order valence-corrected chi connectivity index (χ2v) is 13.4. The lowest BCUT2D eigenvalue weighted by Gasteiger charge is -2.33. The molecule has 2 N–H and O–H groups in total. The van der Waals surface area contributed by atoms with Crippen molar-refractivity contribution in [1.29, 1.82) is 0 Å². The number of hydrogen-bond donors (Lipinski definition) is 1. The first-order valence-electron chi connectivity index (χ1n) is 12.4. The van der Waals surface area contributed by atoms with Crippen LogP contribution >= 0.6 is 29.2 Å². The maximum Gasteiger partial charge on any atom is 0.405 e. The number of aromatic nitrogens is 4. The molecule has 1 fully saturated rings. The molecule has 0 bridgehead atoms. The van der Waals surface area contributed by atoms with Gasteiger partial charge in [0.2, 0.25) is 0 Å². The van der Waals surface area contributed by atoms with E-state index < -0.39 is 13.7 Å². The summed E-state index contributed by atoms with van der Waals surface area (Å²) in [6.07, 6.45) is 1.78. The summed E-state index contributed by atoms with van der Waals surface area (Å²) in [5.74, 6) is 2.09. The molecule has 0 amide bonds. The number of fused-ring (bicyclic) bond motifs is 1. The first-order chi connectivity index (χ1) is 19.0. The predicted molar refractivity (Wildman–Crippen MR) is 155 cm³/mol. The Morgan fingerprint density at radius 3 is 2.51 bits per heavy atom. The third-order valence-electron chi connectivity index (χ3n) is 5.95. The lowest BCUT2D eigenvalue weighted by Crippen LogP contribution is -2.38. The maximum absolute atomic E-state index is 14.1. The first-order valence-corrected chi connectivity index (χ1v) is 16.7. The van der Waals surface area contributed by atoms with Gasteiger partial charge in [0.1, 0.15) is 23.7 Å². The highest BCUT2D eigenvalue weighted by Gasteiger charge is 2.38. The zero-order valence-electron chi connectivity index (χ0n) is 21.4. The third-order valence-corrected chi connectivity index (χ3v) is 9.91. The number of rotatable bonds is 12. The fourth-order valence-electron chi connectivity index (χ4n) is 3.98. The van der Waals surface area contributed by atoms with Crippen molar-refractivity contribution in [1.82, 2.24) is 19.5 Å². The summed E-state index contributed by atoms with van der Waals surface area (Å²) in [7, 11) is -0.355. The molecule has 13 heteroatoms. The van der Waals surface area contributed by atoms with Crippen molar-refractivity contribution in [2.45, 2.75) is 38.4 Å². The Hall–Kier alpha value is -2.60. The average molecular weight is 588 g/mol. The molecule has 1 aliphatic rings. The van der Waals surface area contributed by atoms with Crippen molar-refractivity contribution < 1.29 is 23.1 Å². The van der Waals surface area contributed by atoms with Gasteiger partial charge in [0, 0.05) is 11.5 Å². The summed E-state index contributed by atoms with van der Waals surface area (Å²) in [4.78, 5) is 12.5. The fourth-order valence-corrected chi connectivity index (χ4v) is 8.18. The predicted octanol–water partition coefficient (Wildman–Crippen LogP) is 5.41. The normalized spacial score (nSPS) is 19.9. The quantitative estimate of drug-likeness (QED) is 0.169. The SMILES string of the molecule is CC(Cn1cnc2c(N)ncnc21)OCP(=O)(Oc1ccccc1)OC1CSSCC1OCc1ccccc1. The molecule has 0 aliphatic carbocycles. The standard InChI is InChI=1S/C26H30N5O5PS2/c1-19(12-31-17-30-24-25(27)28-16-29-26(24)31)34-18-37(32,35-21-10-6-3-7-11-21)36-23-15-39-38-14-22(23)33-13-20-8-4-2-5-9-20/h2-11,16-17,19,22-23H,12-15,18H2,1H3,(H2,27,28,29). The number of nitrogens with two attached hydrogens (primary N) is 1. The van der Waals surface area contributed by atoms with E-state index >= 15 is 0 Å². The van der Waals surface area contributed by atoms with Gasteiger partial charge >= 0.3 is 7.60 Å². The molecule has 10 nitrogen and oxygen atoms in total. The lowest BCUT2D eigenvalue weighted by molar-refractivity contribution is -0.0192. The second-order valence-electron chi connectivity index (χ2n) is 9.00. The summed E-state index contributed by atoms with van der Waals surface area (Å²) < 4.78 is 40.4. The second kappa shape index (κ2) is 13.2. The van der Waals surface area contributed by atoms with Crippen LogP contribution in [-0.4, -0.2) is 55.7 Å². The van der Waals surface area contributed by atoms with Gasteiger partial charge in [-0.2, -0.15) is 0 Å². The number of para-hydroxylation sites is 1. The maximum atomic E-state index is 14.1. The zero-order chi connectivity index (χ0) is 27.1. The van der Waals surface area contributed by atoms with Gasteiger partial charge in [-0.1, -0.05) is 70.1 Å². The van der Waals surface area contributed by atoms with Crippen LogP contribution in [0, 0.1) is 0 Å². The molecule has 39 heavy (non-hydrogen) atoms. The van der Waals surface area contributed by atoms with Crippen LogP contribution in [-0.2, 0) is 31.7 Å². The smallest absolute Gasteiger partial charge is 0.405 e. The van der Waals surface area contributed by atoms with Crippen molar-refractivity contribution in [2.75, 3.05) is 23.6 Å². The Balaban J connectivity index is 1.27. The van der Waals surface area contributed by atoms with Crippen LogP contribution in [0.25, 0.3) is 11.2 Å². The highest BCUT2D eigenvalue weighted by atomic mass is 33.1. The number of ether oxygens (including phenoxy) is 2. The minimum absolute atomic E-state index is 0.230. The zero-order valence-corrected chi connectivity index (χ0v) is 23.9. The number of nitrogens with zero attached hydrogens (tertiary/aromatic N) is 4. The molecule has 4 atom stereocenters. The molecule has 2 aromatic heterocycles. The molecule has 5 rings (SSSR count). The Bertz CT molecular complexity index is 1400. The molecule has 0 radical (unpaired) electrons. The third kappa shape index (κ3) is 7.53. The number of anilines is 1. The Morgan fingerprint density at radius 2 is 1.74 bits per heavy atom. The van der Waals surface area contributed by atoms with E-state index in [9.17, 15) is 4.57 Å². The van der Waals surface area contributed by atoms with E-state index in [1.807, 2.05) is 60.0 Å². The van der Waals surface area contributed by atoms with Crippen LogP contribution in [0.5, 0.6) is 5.75 Å². The minimum atomic E-state index is -3.74. The molecule has 0 saturated carbocycles. The number of hydrogen-bond acceptors (Lipinski definition) is 11. The van der Waals surface area contributed by atoms with Crippen LogP contribution in [0.2, 0.25) is 0 Å². The molecule has 0 spiro atoms. The van der Waals surface area contributed by atoms with Crippen LogP contribution in [0.1, 0.15) is 12.5 Å². The van der Waals surface area contributed by atoms with Gasteiger partial charge in [-0.15, -0.1) is 0 Å². The van der Waals surface area contributed by atoms with Gasteiger partial charge in [0.25, 0.3) is 0 Å². The number of nitrogen functional groups attached to an aromatic ring is 1. The summed E-state index contributed by atoms with van der Waals surface area (Å²) in [5, 5.41) is 0. The van der Waals surface area contributed by atoms with Crippen molar-refractivity contribution >= 4 is 46.2 Å². The van der Waals surface area contributed by atoms with E-state index in [1.54, 1.807) is 40.0 Å². The van der Waals surface area contributed by atoms with Crippen LogP contribution in [0.4, 0.5) is 5.82 Å². The van der Waals surface area contributed by atoms with Gasteiger partial charge in [-0.25, -0.2) is 19.5 Å². The average Bonchev–Trinajstić information content (AvgIpc) is 3.36. The van der Waals surface area contributed by atoms with Crippen molar-refractivity contribution in [3.05, 3.63) is 78.9 Å². The van der Waals surface area contributed by atoms with E-state index in [-0.39, 0.29) is 18.6 Å². The van der Waals surface area contributed by atoms with E-state index in [1.165, 1.54) is 6.33 Å². The fraction of sp³-hybridized carbons (Fsp3) is 0.346. The molecular weight excluding hydrogens is 557 g/mol. The van der Waals surface area contributed by atoms with E-state index in [4.69, 9.17) is 24.3 Å². The van der Waals surface area contributed by atoms with Crippen LogP contribution in [0.15, 0.2) is 73.3 Å². The minimum Gasteiger partial charge on any atom is -0.423 e. The molecular formula is C26H30N5O5PS2. The Morgan fingerprint density at radius 1 is 1.03 bits per heavy atom. The lowest BCUT2D eigenvalue weighted by atomic mass is 10.2. The number of benzene rings is 2. The van der Waals surface area contributed by atoms with Crippen molar-refractivity contribution in [2.24, 2.45) is 0 Å². The number of imidazole rings is 1. The molecule has 1 saturated heterocycles. The van der Waals surface area contributed by atoms with E-state index in [0.717, 1.165) is 5.56 Å². The van der Waals surface area contributed by atoms with Gasteiger partial charge in [0.05, 0.1) is 31.7 Å².